The van der Waals surface area contributed by atoms with Crippen molar-refractivity contribution < 1.29 is 0 Å². The molecule has 0 bridgehead atoms. The van der Waals surface area contributed by atoms with E-state index in [1.807, 2.05) is 6.07 Å². The molecule has 0 fully saturated rings. The van der Waals surface area contributed by atoms with Crippen molar-refractivity contribution in [3.8, 4) is 0 Å². The van der Waals surface area contributed by atoms with Crippen LogP contribution in [-0.2, 0) is 19.5 Å². The summed E-state index contributed by atoms with van der Waals surface area (Å²) in [6, 6.07) is 6.19. The highest BCUT2D eigenvalue weighted by molar-refractivity contribution is 5.32. The van der Waals surface area contributed by atoms with Crippen LogP contribution in [0.15, 0.2) is 18.2 Å². The van der Waals surface area contributed by atoms with Gasteiger partial charge in [0.25, 0.3) is 0 Å². The van der Waals surface area contributed by atoms with Crippen molar-refractivity contribution in [3.05, 3.63) is 34.9 Å². The van der Waals surface area contributed by atoms with Crippen LogP contribution in [0.3, 0.4) is 0 Å². The van der Waals surface area contributed by atoms with Crippen molar-refractivity contribution in [1.82, 2.24) is 5.43 Å². The third-order valence-corrected chi connectivity index (χ3v) is 2.21. The van der Waals surface area contributed by atoms with Gasteiger partial charge in [0.1, 0.15) is 0 Å². The molecule has 1 aromatic rings. The predicted molar refractivity (Wildman–Crippen MR) is 58.1 cm³/mol. The summed E-state index contributed by atoms with van der Waals surface area (Å²) in [5.41, 5.74) is 17.3. The van der Waals surface area contributed by atoms with E-state index >= 15 is 0 Å². The van der Waals surface area contributed by atoms with E-state index in [0.29, 0.717) is 19.6 Å². The number of nitrogens with two attached hydrogens (primary N) is 3. The van der Waals surface area contributed by atoms with Crippen LogP contribution in [0.2, 0.25) is 0 Å². The predicted octanol–water partition coefficient (Wildman–Crippen LogP) is -0.390. The Morgan fingerprint density at radius 3 is 2.50 bits per heavy atom. The molecule has 0 saturated carbocycles. The molecule has 78 valence electrons. The summed E-state index contributed by atoms with van der Waals surface area (Å²) in [6.45, 7) is 1.87. The van der Waals surface area contributed by atoms with Crippen LogP contribution in [0.25, 0.3) is 0 Å². The maximum absolute atomic E-state index is 5.65. The van der Waals surface area contributed by atoms with Gasteiger partial charge in [0, 0.05) is 13.1 Å². The Bertz CT molecular complexity index is 285. The number of hydrazine groups is 1. The Hall–Kier alpha value is -0.940. The lowest BCUT2D eigenvalue weighted by molar-refractivity contribution is 0.739. The van der Waals surface area contributed by atoms with Gasteiger partial charge in [-0.3, -0.25) is 11.3 Å². The van der Waals surface area contributed by atoms with E-state index in [0.717, 1.165) is 17.5 Å². The molecule has 0 aliphatic rings. The monoisotopic (exact) mass is 194 g/mol. The summed E-state index contributed by atoms with van der Waals surface area (Å²) in [7, 11) is 0. The van der Waals surface area contributed by atoms with E-state index in [-0.39, 0.29) is 0 Å². The Labute approximate surface area is 84.4 Å². The molecule has 0 aromatic heterocycles. The van der Waals surface area contributed by atoms with Gasteiger partial charge in [-0.2, -0.15) is 0 Å². The molecule has 4 nitrogen and oxygen atoms in total. The largest absolute Gasteiger partial charge is 0.330 e. The Morgan fingerprint density at radius 1 is 1.14 bits per heavy atom. The molecule has 7 N–H and O–H groups in total. The van der Waals surface area contributed by atoms with Gasteiger partial charge >= 0.3 is 0 Å². The van der Waals surface area contributed by atoms with Crippen molar-refractivity contribution >= 4 is 0 Å². The first kappa shape index (κ1) is 11.1. The number of benzene rings is 1. The summed E-state index contributed by atoms with van der Waals surface area (Å²) < 4.78 is 0. The van der Waals surface area contributed by atoms with Gasteiger partial charge in [-0.1, -0.05) is 18.2 Å². The van der Waals surface area contributed by atoms with Gasteiger partial charge in [-0.05, 0) is 29.7 Å². The highest BCUT2D eigenvalue weighted by Gasteiger charge is 2.01. The smallest absolute Gasteiger partial charge is 0.0348 e. The minimum Gasteiger partial charge on any atom is -0.330 e. The van der Waals surface area contributed by atoms with E-state index in [1.165, 1.54) is 5.56 Å². The van der Waals surface area contributed by atoms with Crippen LogP contribution in [0, 0.1) is 0 Å². The molecule has 4 heteroatoms. The molecule has 0 unspecified atom stereocenters. The Balaban J connectivity index is 2.87. The molecule has 1 aromatic carbocycles. The maximum Gasteiger partial charge on any atom is 0.0348 e. The third-order valence-electron chi connectivity index (χ3n) is 2.21. The van der Waals surface area contributed by atoms with Crippen molar-refractivity contribution in [2.45, 2.75) is 19.5 Å². The van der Waals surface area contributed by atoms with E-state index in [9.17, 15) is 0 Å². The molecule has 0 amide bonds. The highest BCUT2D eigenvalue weighted by atomic mass is 15.2. The van der Waals surface area contributed by atoms with Gasteiger partial charge in [-0.25, -0.2) is 0 Å². The second kappa shape index (κ2) is 5.72. The van der Waals surface area contributed by atoms with Gasteiger partial charge in [0.15, 0.2) is 0 Å². The normalized spacial score (nSPS) is 10.5. The first-order valence-electron chi connectivity index (χ1n) is 4.76. The lowest BCUT2D eigenvalue weighted by Crippen LogP contribution is -2.21. The molecule has 0 radical (unpaired) electrons. The number of nitrogens with one attached hydrogen (secondary N) is 1. The fourth-order valence-corrected chi connectivity index (χ4v) is 1.50. The van der Waals surface area contributed by atoms with E-state index in [4.69, 9.17) is 17.3 Å². The highest BCUT2D eigenvalue weighted by Crippen LogP contribution is 2.12. The topological polar surface area (TPSA) is 90.1 Å². The molecule has 0 saturated heterocycles. The molecule has 0 aliphatic heterocycles. The molecule has 0 spiro atoms. The van der Waals surface area contributed by atoms with Gasteiger partial charge in [0.2, 0.25) is 0 Å². The zero-order valence-corrected chi connectivity index (χ0v) is 8.29. The van der Waals surface area contributed by atoms with Crippen LogP contribution in [0.5, 0.6) is 0 Å². The SMILES string of the molecule is NCCc1ccc(CNN)cc1CN. The fourth-order valence-electron chi connectivity index (χ4n) is 1.50. The van der Waals surface area contributed by atoms with E-state index in [1.54, 1.807) is 0 Å². The quantitative estimate of drug-likeness (QED) is 0.379. The molecular formula is C10H18N4. The lowest BCUT2D eigenvalue weighted by Gasteiger charge is -2.09. The zero-order valence-electron chi connectivity index (χ0n) is 8.29. The molecular weight excluding hydrogens is 176 g/mol. The minimum atomic E-state index is 0.549. The van der Waals surface area contributed by atoms with Crippen molar-refractivity contribution in [3.63, 3.8) is 0 Å². The molecule has 14 heavy (non-hydrogen) atoms. The van der Waals surface area contributed by atoms with Crippen molar-refractivity contribution in [2.75, 3.05) is 6.54 Å². The standard InChI is InChI=1S/C10H18N4/c11-4-3-9-2-1-8(7-14-13)5-10(9)6-12/h1-2,5,14H,3-4,6-7,11-13H2. The Morgan fingerprint density at radius 2 is 1.93 bits per heavy atom. The number of hydrogen-bond donors (Lipinski definition) is 4. The first-order chi connectivity index (χ1) is 6.81. The zero-order chi connectivity index (χ0) is 10.4. The molecule has 0 aliphatic carbocycles. The second-order valence-electron chi connectivity index (χ2n) is 3.23. The average Bonchev–Trinajstić information content (AvgIpc) is 2.21. The van der Waals surface area contributed by atoms with Crippen LogP contribution in [0.4, 0.5) is 0 Å². The number of hydrogen-bond acceptors (Lipinski definition) is 4. The summed E-state index contributed by atoms with van der Waals surface area (Å²) >= 11 is 0. The summed E-state index contributed by atoms with van der Waals surface area (Å²) in [5.74, 6) is 5.25. The van der Waals surface area contributed by atoms with Gasteiger partial charge < -0.3 is 11.5 Å². The first-order valence-corrected chi connectivity index (χ1v) is 4.76. The molecule has 1 rings (SSSR count). The van der Waals surface area contributed by atoms with Crippen LogP contribution in [-0.4, -0.2) is 6.54 Å². The van der Waals surface area contributed by atoms with E-state index in [2.05, 4.69) is 17.6 Å². The lowest BCUT2D eigenvalue weighted by atomic mass is 10.0. The van der Waals surface area contributed by atoms with Crippen LogP contribution >= 0.6 is 0 Å². The van der Waals surface area contributed by atoms with E-state index < -0.39 is 0 Å². The van der Waals surface area contributed by atoms with Gasteiger partial charge in [0.05, 0.1) is 0 Å². The molecule has 0 heterocycles. The fraction of sp³-hybridized carbons (Fsp3) is 0.400. The average molecular weight is 194 g/mol. The summed E-state index contributed by atoms with van der Waals surface area (Å²) in [5, 5.41) is 0. The third kappa shape index (κ3) is 2.78. The summed E-state index contributed by atoms with van der Waals surface area (Å²) in [4.78, 5) is 0. The van der Waals surface area contributed by atoms with Gasteiger partial charge in [-0.15, -0.1) is 0 Å². The van der Waals surface area contributed by atoms with Crippen molar-refractivity contribution in [2.24, 2.45) is 17.3 Å². The summed E-state index contributed by atoms with van der Waals surface area (Å²) in [6.07, 6.45) is 0.878. The second-order valence-corrected chi connectivity index (χ2v) is 3.23. The number of rotatable bonds is 5. The van der Waals surface area contributed by atoms with Crippen LogP contribution in [0.1, 0.15) is 16.7 Å². The maximum atomic E-state index is 5.65. The molecule has 0 atom stereocenters. The van der Waals surface area contributed by atoms with Crippen molar-refractivity contribution in [1.29, 1.82) is 0 Å². The minimum absolute atomic E-state index is 0.549. The Kier molecular flexibility index (Phi) is 4.55. The van der Waals surface area contributed by atoms with Crippen LogP contribution < -0.4 is 22.7 Å².